The summed E-state index contributed by atoms with van der Waals surface area (Å²) in [7, 11) is 1.56. The summed E-state index contributed by atoms with van der Waals surface area (Å²) >= 11 is 0. The van der Waals surface area contributed by atoms with Crippen LogP contribution in [0.15, 0.2) is 18.2 Å². The lowest BCUT2D eigenvalue weighted by atomic mass is 9.98. The van der Waals surface area contributed by atoms with Crippen molar-refractivity contribution in [2.75, 3.05) is 20.3 Å². The summed E-state index contributed by atoms with van der Waals surface area (Å²) in [6.07, 6.45) is 0.455. The van der Waals surface area contributed by atoms with Crippen molar-refractivity contribution in [3.63, 3.8) is 0 Å². The van der Waals surface area contributed by atoms with Crippen LogP contribution in [0.3, 0.4) is 0 Å². The van der Waals surface area contributed by atoms with E-state index in [4.69, 9.17) is 15.7 Å². The molecule has 0 radical (unpaired) electrons. The van der Waals surface area contributed by atoms with Gasteiger partial charge >= 0.3 is 0 Å². The number of nitriles is 1. The summed E-state index contributed by atoms with van der Waals surface area (Å²) in [6, 6.07) is 6.01. The molecule has 20 heavy (non-hydrogen) atoms. The van der Waals surface area contributed by atoms with Gasteiger partial charge in [-0.2, -0.15) is 5.26 Å². The van der Waals surface area contributed by atoms with Crippen LogP contribution in [0, 0.1) is 17.1 Å². The maximum Gasteiger partial charge on any atom is 0.245 e. The van der Waals surface area contributed by atoms with Crippen molar-refractivity contribution in [1.29, 1.82) is 5.26 Å². The Morgan fingerprint density at radius 1 is 1.65 bits per heavy atom. The Bertz CT molecular complexity index is 562. The van der Waals surface area contributed by atoms with Crippen LogP contribution in [0.5, 0.6) is 0 Å². The predicted octanol–water partition coefficient (Wildman–Crippen LogP) is 0.774. The van der Waals surface area contributed by atoms with Crippen molar-refractivity contribution in [3.8, 4) is 6.07 Å². The van der Waals surface area contributed by atoms with Crippen molar-refractivity contribution in [1.82, 2.24) is 4.90 Å². The van der Waals surface area contributed by atoms with Crippen LogP contribution >= 0.6 is 0 Å². The fourth-order valence-corrected chi connectivity index (χ4v) is 2.22. The first kappa shape index (κ1) is 14.4. The van der Waals surface area contributed by atoms with Gasteiger partial charge < -0.3 is 15.4 Å². The van der Waals surface area contributed by atoms with Gasteiger partial charge in [0.15, 0.2) is 0 Å². The van der Waals surface area contributed by atoms with Crippen molar-refractivity contribution < 1.29 is 13.9 Å². The lowest BCUT2D eigenvalue weighted by Gasteiger charge is -2.27. The molecule has 1 saturated heterocycles. The maximum absolute atomic E-state index is 13.7. The van der Waals surface area contributed by atoms with Crippen LogP contribution in [0.25, 0.3) is 0 Å². The number of likely N-dealkylation sites (N-methyl/N-ethyl adjacent to an activating group) is 1. The van der Waals surface area contributed by atoms with Crippen LogP contribution in [0.4, 0.5) is 4.39 Å². The minimum absolute atomic E-state index is 0.0686. The first-order valence-electron chi connectivity index (χ1n) is 6.27. The maximum atomic E-state index is 13.7. The summed E-state index contributed by atoms with van der Waals surface area (Å²) < 4.78 is 18.9. The lowest BCUT2D eigenvalue weighted by molar-refractivity contribution is -0.136. The average Bonchev–Trinajstić information content (AvgIpc) is 2.88. The SMILES string of the molecule is CN(Cc1cc(C#N)ccc1F)C(=O)C1(N)CCOC1. The first-order valence-corrected chi connectivity index (χ1v) is 6.27. The Kier molecular flexibility index (Phi) is 4.02. The summed E-state index contributed by atoms with van der Waals surface area (Å²) in [6.45, 7) is 0.699. The molecule has 0 saturated carbocycles. The summed E-state index contributed by atoms with van der Waals surface area (Å²) in [5.41, 5.74) is 5.61. The van der Waals surface area contributed by atoms with Gasteiger partial charge in [-0.05, 0) is 24.6 Å². The van der Waals surface area contributed by atoms with E-state index in [0.717, 1.165) is 0 Å². The zero-order valence-corrected chi connectivity index (χ0v) is 11.2. The molecule has 1 atom stereocenters. The lowest BCUT2D eigenvalue weighted by Crippen LogP contribution is -2.54. The standard InChI is InChI=1S/C14H16FN3O2/c1-18(13(19)14(17)4-5-20-9-14)8-11-6-10(7-16)2-3-12(11)15/h2-3,6H,4-5,8-9,17H2,1H3. The molecule has 1 heterocycles. The highest BCUT2D eigenvalue weighted by atomic mass is 19.1. The Labute approximate surface area is 116 Å². The number of ether oxygens (including phenoxy) is 1. The quantitative estimate of drug-likeness (QED) is 0.885. The second kappa shape index (κ2) is 5.57. The molecule has 0 spiro atoms. The van der Waals surface area contributed by atoms with E-state index < -0.39 is 11.4 Å². The topological polar surface area (TPSA) is 79.4 Å². The zero-order chi connectivity index (χ0) is 14.8. The van der Waals surface area contributed by atoms with Crippen molar-refractivity contribution in [2.24, 2.45) is 5.73 Å². The van der Waals surface area contributed by atoms with E-state index in [-0.39, 0.29) is 19.1 Å². The predicted molar refractivity (Wildman–Crippen MR) is 69.9 cm³/mol. The van der Waals surface area contributed by atoms with Gasteiger partial charge in [0.2, 0.25) is 5.91 Å². The summed E-state index contributed by atoms with van der Waals surface area (Å²) in [4.78, 5) is 13.6. The molecule has 106 valence electrons. The average molecular weight is 277 g/mol. The van der Waals surface area contributed by atoms with Gasteiger partial charge in [0, 0.05) is 25.8 Å². The van der Waals surface area contributed by atoms with Gasteiger partial charge in [-0.15, -0.1) is 0 Å². The summed E-state index contributed by atoms with van der Waals surface area (Å²) in [5, 5.41) is 8.82. The molecular weight excluding hydrogens is 261 g/mol. The molecule has 1 fully saturated rings. The van der Waals surface area contributed by atoms with Crippen LogP contribution in [0.1, 0.15) is 17.5 Å². The molecular formula is C14H16FN3O2. The summed E-state index contributed by atoms with van der Waals surface area (Å²) in [5.74, 6) is -0.728. The number of hydrogen-bond acceptors (Lipinski definition) is 4. The van der Waals surface area contributed by atoms with Crippen LogP contribution < -0.4 is 5.73 Å². The normalized spacial score (nSPS) is 21.5. The van der Waals surface area contributed by atoms with E-state index in [1.807, 2.05) is 6.07 Å². The molecule has 6 heteroatoms. The monoisotopic (exact) mass is 277 g/mol. The van der Waals surface area contributed by atoms with Gasteiger partial charge in [-0.25, -0.2) is 4.39 Å². The molecule has 0 aliphatic carbocycles. The first-order chi connectivity index (χ1) is 9.46. The smallest absolute Gasteiger partial charge is 0.245 e. The van der Waals surface area contributed by atoms with E-state index in [1.54, 1.807) is 7.05 Å². The molecule has 1 unspecified atom stereocenters. The number of hydrogen-bond donors (Lipinski definition) is 1. The number of carbonyl (C=O) groups is 1. The van der Waals surface area contributed by atoms with Crippen molar-refractivity contribution in [2.45, 2.75) is 18.5 Å². The van der Waals surface area contributed by atoms with E-state index >= 15 is 0 Å². The molecule has 5 nitrogen and oxygen atoms in total. The Morgan fingerprint density at radius 2 is 2.40 bits per heavy atom. The van der Waals surface area contributed by atoms with E-state index in [9.17, 15) is 9.18 Å². The zero-order valence-electron chi connectivity index (χ0n) is 11.2. The van der Waals surface area contributed by atoms with Crippen molar-refractivity contribution >= 4 is 5.91 Å². The van der Waals surface area contributed by atoms with E-state index in [2.05, 4.69) is 0 Å². The molecule has 1 aromatic carbocycles. The molecule has 2 N–H and O–H groups in total. The fraction of sp³-hybridized carbons (Fsp3) is 0.429. The Balaban J connectivity index is 2.13. The molecule has 1 aliphatic rings. The minimum Gasteiger partial charge on any atom is -0.379 e. The second-order valence-electron chi connectivity index (χ2n) is 5.04. The molecule has 1 aromatic rings. The van der Waals surface area contributed by atoms with Crippen LogP contribution in [-0.2, 0) is 16.1 Å². The third-order valence-corrected chi connectivity index (χ3v) is 3.41. The van der Waals surface area contributed by atoms with Gasteiger partial charge in [0.25, 0.3) is 0 Å². The molecule has 2 rings (SSSR count). The number of amides is 1. The van der Waals surface area contributed by atoms with Crippen LogP contribution in [-0.4, -0.2) is 36.6 Å². The van der Waals surface area contributed by atoms with Gasteiger partial charge in [0.05, 0.1) is 18.2 Å². The van der Waals surface area contributed by atoms with Gasteiger partial charge in [-0.3, -0.25) is 4.79 Å². The number of halogens is 1. The molecule has 1 aliphatic heterocycles. The highest BCUT2D eigenvalue weighted by molar-refractivity contribution is 5.86. The van der Waals surface area contributed by atoms with E-state index in [0.29, 0.717) is 24.2 Å². The molecule has 1 amide bonds. The third kappa shape index (κ3) is 2.79. The number of rotatable bonds is 3. The van der Waals surface area contributed by atoms with Crippen molar-refractivity contribution in [3.05, 3.63) is 35.1 Å². The second-order valence-corrected chi connectivity index (χ2v) is 5.04. The Hall–Kier alpha value is -1.97. The number of carbonyl (C=O) groups excluding carboxylic acids is 1. The third-order valence-electron chi connectivity index (χ3n) is 3.41. The number of nitrogens with two attached hydrogens (primary N) is 1. The fourth-order valence-electron chi connectivity index (χ4n) is 2.22. The number of nitrogens with zero attached hydrogens (tertiary/aromatic N) is 2. The largest absolute Gasteiger partial charge is 0.379 e. The highest BCUT2D eigenvalue weighted by Crippen LogP contribution is 2.20. The Morgan fingerprint density at radius 3 is 3.00 bits per heavy atom. The highest BCUT2D eigenvalue weighted by Gasteiger charge is 2.40. The number of benzene rings is 1. The molecule has 0 aromatic heterocycles. The van der Waals surface area contributed by atoms with Crippen LogP contribution in [0.2, 0.25) is 0 Å². The minimum atomic E-state index is -1.03. The van der Waals surface area contributed by atoms with Gasteiger partial charge in [-0.1, -0.05) is 0 Å². The van der Waals surface area contributed by atoms with Gasteiger partial charge in [0.1, 0.15) is 11.4 Å². The van der Waals surface area contributed by atoms with E-state index in [1.165, 1.54) is 23.1 Å². The molecule has 0 bridgehead atoms.